The van der Waals surface area contributed by atoms with E-state index in [-0.39, 0.29) is 37.5 Å². The molecule has 0 N–H and O–H groups in total. The van der Waals surface area contributed by atoms with Crippen LogP contribution >= 0.6 is 0 Å². The van der Waals surface area contributed by atoms with Crippen LogP contribution in [0.15, 0.2) is 0 Å². The number of rotatable bonds is 9. The van der Waals surface area contributed by atoms with Crippen LogP contribution in [0, 0.1) is 0 Å². The van der Waals surface area contributed by atoms with Gasteiger partial charge in [-0.3, -0.25) is 9.59 Å². The normalized spacial score (nSPS) is 11.4. The molecule has 8 heteroatoms. The Morgan fingerprint density at radius 3 is 1.95 bits per heavy atom. The number of sulfonamides is 1. The minimum absolute atomic E-state index is 0.0751. The van der Waals surface area contributed by atoms with Crippen molar-refractivity contribution >= 4 is 22.0 Å². The van der Waals surface area contributed by atoms with Crippen LogP contribution < -0.4 is 0 Å². The fourth-order valence-electron chi connectivity index (χ4n) is 1.34. The van der Waals surface area contributed by atoms with Crippen LogP contribution in [-0.2, 0) is 29.1 Å². The Morgan fingerprint density at radius 2 is 1.47 bits per heavy atom. The van der Waals surface area contributed by atoms with Crippen LogP contribution in [-0.4, -0.2) is 58.2 Å². The molecule has 0 atom stereocenters. The van der Waals surface area contributed by atoms with Gasteiger partial charge in [-0.05, 0) is 12.8 Å². The van der Waals surface area contributed by atoms with Gasteiger partial charge in [-0.25, -0.2) is 12.7 Å². The first-order valence-electron chi connectivity index (χ1n) is 5.91. The lowest BCUT2D eigenvalue weighted by atomic mass is 10.3. The van der Waals surface area contributed by atoms with E-state index in [0.717, 1.165) is 0 Å². The minimum Gasteiger partial charge on any atom is -0.469 e. The molecular weight excluding hydrogens is 274 g/mol. The van der Waals surface area contributed by atoms with E-state index >= 15 is 0 Å². The smallest absolute Gasteiger partial charge is 0.305 e. The van der Waals surface area contributed by atoms with Gasteiger partial charge in [0.1, 0.15) is 0 Å². The van der Waals surface area contributed by atoms with Crippen molar-refractivity contribution in [3.05, 3.63) is 0 Å². The van der Waals surface area contributed by atoms with Crippen LogP contribution in [0.2, 0.25) is 0 Å². The van der Waals surface area contributed by atoms with E-state index in [2.05, 4.69) is 9.47 Å². The number of carbonyl (C=O) groups is 2. The van der Waals surface area contributed by atoms with E-state index in [9.17, 15) is 18.0 Å². The Kier molecular flexibility index (Phi) is 8.33. The van der Waals surface area contributed by atoms with Gasteiger partial charge in [0, 0.05) is 26.4 Å². The third-order valence-corrected chi connectivity index (χ3v) is 4.50. The van der Waals surface area contributed by atoms with Crippen LogP contribution in [0.1, 0.15) is 25.7 Å². The summed E-state index contributed by atoms with van der Waals surface area (Å²) in [6, 6.07) is 0. The number of hydrogen-bond donors (Lipinski definition) is 0. The monoisotopic (exact) mass is 295 g/mol. The maximum absolute atomic E-state index is 11.8. The molecule has 0 aliphatic rings. The largest absolute Gasteiger partial charge is 0.469 e. The lowest BCUT2D eigenvalue weighted by Gasteiger charge is -2.16. The van der Waals surface area contributed by atoms with Crippen molar-refractivity contribution in [2.75, 3.05) is 33.6 Å². The first-order valence-corrected chi connectivity index (χ1v) is 7.52. The van der Waals surface area contributed by atoms with Crippen molar-refractivity contribution in [2.24, 2.45) is 0 Å². The van der Waals surface area contributed by atoms with Crippen molar-refractivity contribution in [3.8, 4) is 0 Å². The lowest BCUT2D eigenvalue weighted by molar-refractivity contribution is -0.141. The Bertz CT molecular complexity index is 392. The zero-order valence-corrected chi connectivity index (χ0v) is 12.4. The van der Waals surface area contributed by atoms with Crippen LogP contribution in [0.5, 0.6) is 0 Å². The van der Waals surface area contributed by atoms with Gasteiger partial charge in [-0.2, -0.15) is 0 Å². The predicted molar refractivity (Wildman–Crippen MR) is 68.9 cm³/mol. The molecule has 0 amide bonds. The van der Waals surface area contributed by atoms with Crippen LogP contribution in [0.25, 0.3) is 0 Å². The molecule has 0 aromatic carbocycles. The second kappa shape index (κ2) is 8.87. The number of carbonyl (C=O) groups excluding carboxylic acids is 2. The Hall–Kier alpha value is -1.15. The summed E-state index contributed by atoms with van der Waals surface area (Å²) in [4.78, 5) is 21.7. The van der Waals surface area contributed by atoms with E-state index < -0.39 is 16.0 Å². The third kappa shape index (κ3) is 7.78. The molecule has 0 aliphatic carbocycles. The van der Waals surface area contributed by atoms with Gasteiger partial charge in [0.2, 0.25) is 10.0 Å². The molecule has 0 saturated heterocycles. The average Bonchev–Trinajstić information content (AvgIpc) is 2.37. The molecule has 0 aromatic rings. The molecule has 0 aliphatic heterocycles. The summed E-state index contributed by atoms with van der Waals surface area (Å²) in [5.41, 5.74) is 0. The van der Waals surface area contributed by atoms with E-state index in [4.69, 9.17) is 0 Å². The molecule has 0 spiro atoms. The van der Waals surface area contributed by atoms with Gasteiger partial charge in [0.25, 0.3) is 0 Å². The highest BCUT2D eigenvalue weighted by Crippen LogP contribution is 2.05. The van der Waals surface area contributed by atoms with Gasteiger partial charge in [-0.15, -0.1) is 0 Å². The maximum Gasteiger partial charge on any atom is 0.305 e. The van der Waals surface area contributed by atoms with Gasteiger partial charge in [0.05, 0.1) is 20.0 Å². The summed E-state index contributed by atoms with van der Waals surface area (Å²) in [6.45, 7) is 0.246. The molecule has 0 radical (unpaired) electrons. The standard InChI is InChI=1S/C11H21NO6S/c1-12(8-4-6-10(13)17-2)19(15,16)9-5-7-11(14)18-3/h4-9H2,1-3H3. The summed E-state index contributed by atoms with van der Waals surface area (Å²) >= 11 is 0. The van der Waals surface area contributed by atoms with Gasteiger partial charge in [0.15, 0.2) is 0 Å². The molecule has 0 heterocycles. The van der Waals surface area contributed by atoms with Crippen LogP contribution in [0.4, 0.5) is 0 Å². The van der Waals surface area contributed by atoms with Crippen LogP contribution in [0.3, 0.4) is 0 Å². The summed E-state index contributed by atoms with van der Waals surface area (Å²) in [6.07, 6.45) is 0.875. The molecule has 7 nitrogen and oxygen atoms in total. The van der Waals surface area contributed by atoms with Crippen molar-refractivity contribution in [1.82, 2.24) is 4.31 Å². The Morgan fingerprint density at radius 1 is 1.00 bits per heavy atom. The molecule has 0 unspecified atom stereocenters. The zero-order valence-electron chi connectivity index (χ0n) is 11.5. The van der Waals surface area contributed by atoms with Gasteiger partial charge < -0.3 is 9.47 Å². The van der Waals surface area contributed by atoms with E-state index in [1.165, 1.54) is 25.6 Å². The van der Waals surface area contributed by atoms with Crippen molar-refractivity contribution in [1.29, 1.82) is 0 Å². The fraction of sp³-hybridized carbons (Fsp3) is 0.818. The minimum atomic E-state index is -3.40. The highest BCUT2D eigenvalue weighted by atomic mass is 32.2. The SMILES string of the molecule is COC(=O)CCCN(C)S(=O)(=O)CCCC(=O)OC. The highest BCUT2D eigenvalue weighted by Gasteiger charge is 2.18. The number of hydrogen-bond acceptors (Lipinski definition) is 6. The summed E-state index contributed by atoms with van der Waals surface area (Å²) in [5.74, 6) is -0.906. The zero-order chi connectivity index (χ0) is 14.9. The number of esters is 2. The molecule has 0 fully saturated rings. The lowest BCUT2D eigenvalue weighted by Crippen LogP contribution is -2.30. The van der Waals surface area contributed by atoms with E-state index in [0.29, 0.717) is 6.42 Å². The third-order valence-electron chi connectivity index (χ3n) is 2.57. The molecule has 19 heavy (non-hydrogen) atoms. The van der Waals surface area contributed by atoms with Gasteiger partial charge in [-0.1, -0.05) is 0 Å². The molecular formula is C11H21NO6S. The summed E-state index contributed by atoms with van der Waals surface area (Å²) in [7, 11) is 0.601. The first-order chi connectivity index (χ1) is 8.83. The number of methoxy groups -OCH3 is 2. The van der Waals surface area contributed by atoms with Crippen molar-refractivity contribution in [3.63, 3.8) is 0 Å². The molecule has 0 saturated carbocycles. The first kappa shape index (κ1) is 17.8. The molecule has 0 rings (SSSR count). The molecule has 0 bridgehead atoms. The fourth-order valence-corrected chi connectivity index (χ4v) is 2.57. The maximum atomic E-state index is 11.8. The summed E-state index contributed by atoms with van der Waals surface area (Å²) in [5, 5.41) is 0. The number of nitrogens with zero attached hydrogens (tertiary/aromatic N) is 1. The topological polar surface area (TPSA) is 90.0 Å². The molecule has 112 valence electrons. The second-order valence-corrected chi connectivity index (χ2v) is 6.19. The van der Waals surface area contributed by atoms with Crippen molar-refractivity contribution < 1.29 is 27.5 Å². The highest BCUT2D eigenvalue weighted by molar-refractivity contribution is 7.89. The molecule has 0 aromatic heterocycles. The van der Waals surface area contributed by atoms with E-state index in [1.54, 1.807) is 0 Å². The Balaban J connectivity index is 4.03. The Labute approximate surface area is 113 Å². The van der Waals surface area contributed by atoms with Gasteiger partial charge >= 0.3 is 11.9 Å². The number of ether oxygens (including phenoxy) is 2. The quantitative estimate of drug-likeness (QED) is 0.563. The van der Waals surface area contributed by atoms with Crippen molar-refractivity contribution in [2.45, 2.75) is 25.7 Å². The second-order valence-electron chi connectivity index (χ2n) is 4.00. The predicted octanol–water partition coefficient (Wildman–Crippen LogP) is 0.154. The average molecular weight is 295 g/mol. The summed E-state index contributed by atoms with van der Waals surface area (Å²) < 4.78 is 33.7. The van der Waals surface area contributed by atoms with E-state index in [1.807, 2.05) is 0 Å².